The van der Waals surface area contributed by atoms with E-state index in [0.717, 1.165) is 58.2 Å². The lowest BCUT2D eigenvalue weighted by molar-refractivity contribution is -0.120. The number of ketones is 2. The van der Waals surface area contributed by atoms with E-state index in [1.807, 2.05) is 0 Å². The Bertz CT molecular complexity index is 2270. The molecule has 2 aromatic carbocycles. The van der Waals surface area contributed by atoms with Gasteiger partial charge in [-0.25, -0.2) is 4.79 Å². The van der Waals surface area contributed by atoms with Gasteiger partial charge in [-0.3, -0.25) is 14.4 Å². The molecule has 1 heterocycles. The molecule has 444 valence electrons. The first-order valence-corrected chi connectivity index (χ1v) is 31.5. The highest BCUT2D eigenvalue weighted by Crippen LogP contribution is 2.42. The lowest BCUT2D eigenvalue weighted by Gasteiger charge is -2.17. The third-order valence-corrected chi connectivity index (χ3v) is 14.9. The van der Waals surface area contributed by atoms with E-state index in [1.54, 1.807) is 30.3 Å². The number of nitrogens with one attached hydrogen (secondary N) is 1. The number of phenolic OH excluding ortho intramolecular Hbond substituents is 1. The summed E-state index contributed by atoms with van der Waals surface area (Å²) in [6, 6.07) is 14.0. The number of hydrogen-bond donors (Lipinski definition) is 3. The Morgan fingerprint density at radius 1 is 0.494 bits per heavy atom. The minimum Gasteiger partial charge on any atom is -0.508 e. The van der Waals surface area contributed by atoms with Crippen LogP contribution in [0.5, 0.6) is 5.75 Å². The molecule has 0 amide bonds. The lowest BCUT2D eigenvalue weighted by Crippen LogP contribution is -2.11. The molecule has 0 atom stereocenters. The number of carboxylic acid groups (broad SMARTS) is 1. The molecule has 2 aromatic rings. The summed E-state index contributed by atoms with van der Waals surface area (Å²) < 4.78 is 17.1. The number of fused-ring (bicyclic) bond motifs is 2. The van der Waals surface area contributed by atoms with Gasteiger partial charge in [0, 0.05) is 92.9 Å². The largest absolute Gasteiger partial charge is 0.508 e. The fourth-order valence-corrected chi connectivity index (χ4v) is 10.4. The van der Waals surface area contributed by atoms with Gasteiger partial charge in [-0.15, -0.1) is 0 Å². The highest BCUT2D eigenvalue weighted by Gasteiger charge is 2.22. The minimum absolute atomic E-state index is 0. The van der Waals surface area contributed by atoms with Gasteiger partial charge < -0.3 is 29.4 Å². The monoisotopic (exact) mass is 1110 g/mol. The summed E-state index contributed by atoms with van der Waals surface area (Å²) in [5, 5.41) is 24.0. The van der Waals surface area contributed by atoms with Crippen LogP contribution in [0, 0.1) is 0 Å². The second-order valence-electron chi connectivity index (χ2n) is 21.7. The summed E-state index contributed by atoms with van der Waals surface area (Å²) in [4.78, 5) is 49.2. The smallest absolute Gasteiger partial charge is 0.336 e. The third-order valence-electron chi connectivity index (χ3n) is 14.6. The highest BCUT2D eigenvalue weighted by atomic mass is 32.1. The average Bonchev–Trinajstić information content (AvgIpc) is 3.54. The van der Waals surface area contributed by atoms with Gasteiger partial charge in [-0.05, 0) is 80.5 Å². The Balaban J connectivity index is 0.000000693. The first-order chi connectivity index (χ1) is 38.1. The van der Waals surface area contributed by atoms with Crippen LogP contribution in [0.4, 0.5) is 5.69 Å². The maximum Gasteiger partial charge on any atom is 0.336 e. The molecule has 3 N–H and O–H groups in total. The minimum atomic E-state index is -1.12. The lowest BCUT2D eigenvalue weighted by atomic mass is 9.90. The van der Waals surface area contributed by atoms with Crippen LogP contribution in [-0.4, -0.2) is 59.2 Å². The van der Waals surface area contributed by atoms with Crippen LogP contribution < -0.4 is 10.7 Å². The van der Waals surface area contributed by atoms with Gasteiger partial charge in [-0.2, -0.15) is 0 Å². The van der Waals surface area contributed by atoms with Crippen molar-refractivity contribution in [2.24, 2.45) is 0 Å². The number of thiocarbonyl (C=S) groups is 1. The van der Waals surface area contributed by atoms with E-state index in [4.69, 9.17) is 26.1 Å². The molecule has 0 radical (unpaired) electrons. The van der Waals surface area contributed by atoms with Crippen LogP contribution in [0.2, 0.25) is 0 Å². The number of rotatable bonds is 47. The number of carbonyl (C=O) groups excluding carboxylic acids is 2. The topological polar surface area (TPSA) is 152 Å². The van der Waals surface area contributed by atoms with Crippen molar-refractivity contribution < 1.29 is 38.5 Å². The predicted molar refractivity (Wildman–Crippen MR) is 336 cm³/mol. The van der Waals surface area contributed by atoms with Gasteiger partial charge in [0.25, 0.3) is 0 Å². The van der Waals surface area contributed by atoms with E-state index >= 15 is 0 Å². The van der Waals surface area contributed by atoms with Crippen LogP contribution in [0.3, 0.4) is 0 Å². The number of benzene rings is 3. The van der Waals surface area contributed by atoms with Crippen LogP contribution >= 0.6 is 12.2 Å². The van der Waals surface area contributed by atoms with Crippen LogP contribution in [0.25, 0.3) is 33.4 Å². The summed E-state index contributed by atoms with van der Waals surface area (Å²) in [6.45, 7) is 9.30. The summed E-state index contributed by atoms with van der Waals surface area (Å²) in [6.07, 6.45) is 44.2. The molecule has 0 unspecified atom stereocenters. The molecule has 1 aliphatic heterocycles. The molecule has 1 aliphatic carbocycles. The Kier molecular flexibility index (Phi) is 41.3. The number of Topliss-reactive ketones (excluding diaryl/α,β-unsaturated/α-hetero) is 2. The standard InChI is InChI=1S/C44H57NO7S.C23H46O2.CH4/c1-2-3-4-5-6-7-8-9-10-11-12-13-14-15-18-33(46)19-16-27-51-28-17-20-42(53)45-32-21-24-36(39(29-32)44(49)50)43-37-25-22-34(47)30-40(37)52-41-31-35(48)23-26-38(41)43;1-3-5-6-7-8-9-10-11-12-13-14-15-16-17-19-23(24)20-18-22-25-21-4-2;/h21-26,29-31,47H,2-20,27-28H2,1H3,(H,45,53)(H,49,50);3-22H2,1-2H3;1H4. The number of unbranched alkanes of at least 4 members (excludes halogenated alkanes) is 26. The number of ether oxygens (including phenoxy) is 2. The van der Waals surface area contributed by atoms with Gasteiger partial charge in [0.1, 0.15) is 28.7 Å². The first kappa shape index (κ1) is 70.7. The van der Waals surface area contributed by atoms with Crippen molar-refractivity contribution >= 4 is 51.4 Å². The molecule has 0 saturated heterocycles. The molecule has 79 heavy (non-hydrogen) atoms. The van der Waals surface area contributed by atoms with Crippen molar-refractivity contribution in [3.63, 3.8) is 0 Å². The molecule has 0 aromatic heterocycles. The molecule has 4 rings (SSSR count). The second kappa shape index (κ2) is 46.2. The fraction of sp³-hybridized carbons (Fsp3) is 0.662. The Morgan fingerprint density at radius 2 is 0.924 bits per heavy atom. The molecule has 0 bridgehead atoms. The number of hydrogen-bond acceptors (Lipinski definition) is 9. The van der Waals surface area contributed by atoms with Gasteiger partial charge in [0.05, 0.1) is 10.6 Å². The number of aromatic carboxylic acids is 1. The zero-order valence-corrected chi connectivity index (χ0v) is 49.7. The quantitative estimate of drug-likeness (QED) is 0.0220. The predicted octanol–water partition coefficient (Wildman–Crippen LogP) is 20.0. The average molecular weight is 1110 g/mol. The molecule has 0 spiro atoms. The van der Waals surface area contributed by atoms with E-state index in [1.165, 1.54) is 185 Å². The Labute approximate surface area is 483 Å². The van der Waals surface area contributed by atoms with Gasteiger partial charge in [0.2, 0.25) is 0 Å². The molecule has 11 heteroatoms. The number of carboxylic acids is 1. The van der Waals surface area contributed by atoms with Gasteiger partial charge >= 0.3 is 5.97 Å². The van der Waals surface area contributed by atoms with E-state index in [-0.39, 0.29) is 24.2 Å². The number of carbonyl (C=O) groups is 3. The highest BCUT2D eigenvalue weighted by molar-refractivity contribution is 7.80. The number of anilines is 1. The van der Waals surface area contributed by atoms with Crippen LogP contribution in [0.15, 0.2) is 63.8 Å². The van der Waals surface area contributed by atoms with E-state index < -0.39 is 5.97 Å². The summed E-state index contributed by atoms with van der Waals surface area (Å²) in [5.74, 6) is -0.0904. The SMILES string of the molecule is C.CCCCCCCCCCCCCCCCC(=O)CCCOCCC.CCCCCCCCCCCCCCCCC(=O)CCCOCCCC(=S)Nc1ccc(-c2c3ccc(=O)cc-3oc3cc(O)ccc23)c(C(=O)O)c1. The van der Waals surface area contributed by atoms with Crippen molar-refractivity contribution in [3.8, 4) is 28.2 Å². The molecule has 2 aliphatic rings. The first-order valence-electron chi connectivity index (χ1n) is 31.1. The van der Waals surface area contributed by atoms with E-state index in [2.05, 4.69) is 26.1 Å². The Morgan fingerprint density at radius 3 is 1.39 bits per heavy atom. The normalized spacial score (nSPS) is 11.1. The van der Waals surface area contributed by atoms with Gasteiger partial charge in [-0.1, -0.05) is 213 Å². The maximum atomic E-state index is 12.5. The van der Waals surface area contributed by atoms with Crippen LogP contribution in [-0.2, 0) is 19.1 Å². The maximum absolute atomic E-state index is 12.5. The zero-order valence-electron chi connectivity index (χ0n) is 48.8. The second-order valence-corrected chi connectivity index (χ2v) is 22.2. The van der Waals surface area contributed by atoms with Gasteiger partial charge in [0.15, 0.2) is 5.43 Å². The van der Waals surface area contributed by atoms with Crippen LogP contribution in [0.1, 0.15) is 276 Å². The third kappa shape index (κ3) is 32.6. The van der Waals surface area contributed by atoms with E-state index in [0.29, 0.717) is 101 Å². The number of phenols is 1. The van der Waals surface area contributed by atoms with Crippen molar-refractivity contribution in [1.82, 2.24) is 0 Å². The summed E-state index contributed by atoms with van der Waals surface area (Å²) in [7, 11) is 0. The summed E-state index contributed by atoms with van der Waals surface area (Å²) >= 11 is 5.54. The molecule has 0 fully saturated rings. The number of aromatic hydroxyl groups is 1. The Hall–Kier alpha value is -4.45. The summed E-state index contributed by atoms with van der Waals surface area (Å²) in [5.41, 5.74) is 2.28. The van der Waals surface area contributed by atoms with Crippen molar-refractivity contribution in [2.75, 3.05) is 31.7 Å². The van der Waals surface area contributed by atoms with Crippen molar-refractivity contribution in [2.45, 2.75) is 266 Å². The van der Waals surface area contributed by atoms with E-state index in [9.17, 15) is 29.4 Å². The molecule has 10 nitrogen and oxygen atoms in total. The molecule has 0 saturated carbocycles. The zero-order chi connectivity index (χ0) is 56.3. The molecular weight excluding hydrogens is 1010 g/mol. The fourth-order valence-electron chi connectivity index (χ4n) is 10.1. The molecular formula is C68H107NO9S. The van der Waals surface area contributed by atoms with Crippen molar-refractivity contribution in [1.29, 1.82) is 0 Å². The van der Waals surface area contributed by atoms with Crippen molar-refractivity contribution in [3.05, 3.63) is 70.4 Å².